The van der Waals surface area contributed by atoms with Crippen molar-refractivity contribution in [3.8, 4) is 22.3 Å². The van der Waals surface area contributed by atoms with Crippen molar-refractivity contribution in [2.75, 3.05) is 6.54 Å². The molecule has 2 heterocycles. The second-order valence-electron chi connectivity index (χ2n) is 11.2. The van der Waals surface area contributed by atoms with E-state index in [1.54, 1.807) is 38.4 Å². The lowest BCUT2D eigenvalue weighted by Gasteiger charge is -2.35. The Morgan fingerprint density at radius 3 is 2.58 bits per heavy atom. The first-order valence-electron chi connectivity index (χ1n) is 12.6. The van der Waals surface area contributed by atoms with E-state index in [1.165, 1.54) is 16.2 Å². The second-order valence-corrected chi connectivity index (χ2v) is 12.0. The standard InChI is InChI=1S/C27H33N5O5S/c1-15-21(38-14-30-15)16-5-6-17(20(34)9-16)11-29-23(35)19-10-18(33)12-32(19)24(36)22(26(2,3)4)31-25(37)27(13-28)7-8-27/h5-6,9,14,18-19,22,33-34H,7-8,10-12H2,1-4H3,(H,29,35)(H,31,37). The zero-order chi connectivity index (χ0) is 27.8. The third kappa shape index (κ3) is 5.51. The maximum atomic E-state index is 13.6. The number of nitriles is 1. The molecule has 0 bridgehead atoms. The number of carbonyl (C=O) groups excluding carboxylic acids is 3. The number of phenols is 1. The van der Waals surface area contributed by atoms with Crippen LogP contribution < -0.4 is 10.6 Å². The van der Waals surface area contributed by atoms with Crippen LogP contribution in [-0.2, 0) is 20.9 Å². The number of nitrogens with one attached hydrogen (secondary N) is 2. The number of likely N-dealkylation sites (tertiary alicyclic amines) is 1. The Morgan fingerprint density at radius 2 is 2.03 bits per heavy atom. The van der Waals surface area contributed by atoms with E-state index in [9.17, 15) is 29.9 Å². The molecule has 3 amide bonds. The number of aromatic hydroxyl groups is 1. The highest BCUT2D eigenvalue weighted by molar-refractivity contribution is 7.13. The van der Waals surface area contributed by atoms with Gasteiger partial charge in [-0.3, -0.25) is 14.4 Å². The summed E-state index contributed by atoms with van der Waals surface area (Å²) in [5.74, 6) is -1.41. The number of aliphatic hydroxyl groups excluding tert-OH is 1. The molecule has 2 fully saturated rings. The van der Waals surface area contributed by atoms with Gasteiger partial charge < -0.3 is 25.7 Å². The summed E-state index contributed by atoms with van der Waals surface area (Å²) in [6.45, 7) is 7.27. The minimum Gasteiger partial charge on any atom is -0.508 e. The van der Waals surface area contributed by atoms with Crippen molar-refractivity contribution in [1.29, 1.82) is 5.26 Å². The van der Waals surface area contributed by atoms with Crippen LogP contribution in [0.5, 0.6) is 5.75 Å². The monoisotopic (exact) mass is 539 g/mol. The van der Waals surface area contributed by atoms with Gasteiger partial charge in [0.05, 0.1) is 28.3 Å². The molecule has 1 aromatic carbocycles. The van der Waals surface area contributed by atoms with E-state index < -0.39 is 46.7 Å². The number of benzene rings is 1. The van der Waals surface area contributed by atoms with Crippen LogP contribution in [-0.4, -0.2) is 62.6 Å². The van der Waals surface area contributed by atoms with Gasteiger partial charge in [-0.2, -0.15) is 5.26 Å². The molecule has 10 nitrogen and oxygen atoms in total. The van der Waals surface area contributed by atoms with Crippen LogP contribution in [0.2, 0.25) is 0 Å². The number of phenolic OH excluding ortho intramolecular Hbond substituents is 1. The van der Waals surface area contributed by atoms with Gasteiger partial charge in [0, 0.05) is 25.1 Å². The van der Waals surface area contributed by atoms with E-state index in [-0.39, 0.29) is 25.3 Å². The Kier molecular flexibility index (Phi) is 7.50. The number of aliphatic hydroxyl groups is 1. The first-order chi connectivity index (χ1) is 17.9. The fraction of sp³-hybridized carbons (Fsp3) is 0.519. The molecule has 1 aliphatic heterocycles. The van der Waals surface area contributed by atoms with Crippen molar-refractivity contribution in [2.45, 2.75) is 71.7 Å². The van der Waals surface area contributed by atoms with Gasteiger partial charge in [-0.05, 0) is 36.8 Å². The Morgan fingerprint density at radius 1 is 1.32 bits per heavy atom. The summed E-state index contributed by atoms with van der Waals surface area (Å²) < 4.78 is 0. The largest absolute Gasteiger partial charge is 0.508 e. The topological polar surface area (TPSA) is 156 Å². The summed E-state index contributed by atoms with van der Waals surface area (Å²) in [4.78, 5) is 46.0. The Hall–Kier alpha value is -3.49. The molecule has 0 spiro atoms. The zero-order valence-corrected chi connectivity index (χ0v) is 22.8. The third-order valence-corrected chi connectivity index (χ3v) is 8.18. The quantitative estimate of drug-likeness (QED) is 0.420. The van der Waals surface area contributed by atoms with Gasteiger partial charge in [0.1, 0.15) is 23.2 Å². The van der Waals surface area contributed by atoms with E-state index in [0.717, 1.165) is 16.1 Å². The number of aryl methyl sites for hydroxylation is 1. The van der Waals surface area contributed by atoms with Gasteiger partial charge in [0.15, 0.2) is 0 Å². The van der Waals surface area contributed by atoms with E-state index in [2.05, 4.69) is 15.6 Å². The Bertz CT molecular complexity index is 1290. The van der Waals surface area contributed by atoms with Crippen molar-refractivity contribution in [2.24, 2.45) is 10.8 Å². The van der Waals surface area contributed by atoms with Crippen molar-refractivity contribution < 1.29 is 24.6 Å². The van der Waals surface area contributed by atoms with Gasteiger partial charge in [0.25, 0.3) is 0 Å². The molecule has 2 aliphatic rings. The van der Waals surface area contributed by atoms with Crippen molar-refractivity contribution in [1.82, 2.24) is 20.5 Å². The Labute approximate surface area is 225 Å². The van der Waals surface area contributed by atoms with Crippen LogP contribution in [0.25, 0.3) is 10.4 Å². The van der Waals surface area contributed by atoms with E-state index in [4.69, 9.17) is 0 Å². The minimum absolute atomic E-state index is 0.0250. The smallest absolute Gasteiger partial charge is 0.246 e. The average molecular weight is 540 g/mol. The summed E-state index contributed by atoms with van der Waals surface area (Å²) in [7, 11) is 0. The van der Waals surface area contributed by atoms with Crippen LogP contribution >= 0.6 is 11.3 Å². The highest BCUT2D eigenvalue weighted by atomic mass is 32.1. The van der Waals surface area contributed by atoms with Gasteiger partial charge >= 0.3 is 0 Å². The number of nitrogens with zero attached hydrogens (tertiary/aromatic N) is 3. The summed E-state index contributed by atoms with van der Waals surface area (Å²) in [6, 6.07) is 5.32. The molecular formula is C27H33N5O5S. The molecule has 1 aliphatic carbocycles. The number of β-amino-alcohol motifs (C(OH)–C–C–N with tert-alkyl or cyclic N) is 1. The minimum atomic E-state index is -1.10. The molecule has 0 radical (unpaired) electrons. The average Bonchev–Trinajstić information content (AvgIpc) is 3.40. The molecule has 1 saturated heterocycles. The molecule has 4 rings (SSSR count). The van der Waals surface area contributed by atoms with Crippen LogP contribution in [0.15, 0.2) is 23.7 Å². The molecule has 38 heavy (non-hydrogen) atoms. The van der Waals surface area contributed by atoms with Gasteiger partial charge in [-0.25, -0.2) is 4.98 Å². The molecule has 11 heteroatoms. The van der Waals surface area contributed by atoms with Gasteiger partial charge in [-0.1, -0.05) is 32.9 Å². The summed E-state index contributed by atoms with van der Waals surface area (Å²) >= 11 is 1.47. The van der Waals surface area contributed by atoms with Crippen LogP contribution in [0.3, 0.4) is 0 Å². The number of thiazole rings is 1. The number of carbonyl (C=O) groups is 3. The lowest BCUT2D eigenvalue weighted by atomic mass is 9.85. The molecule has 2 aromatic rings. The van der Waals surface area contributed by atoms with Crippen molar-refractivity contribution in [3.63, 3.8) is 0 Å². The first-order valence-corrected chi connectivity index (χ1v) is 13.4. The van der Waals surface area contributed by atoms with Crippen molar-refractivity contribution in [3.05, 3.63) is 35.0 Å². The zero-order valence-electron chi connectivity index (χ0n) is 21.9. The predicted octanol–water partition coefficient (Wildman–Crippen LogP) is 2.24. The summed E-state index contributed by atoms with van der Waals surface area (Å²) in [5, 5.41) is 35.8. The normalized spacial score (nSPS) is 20.9. The number of amides is 3. The molecule has 202 valence electrons. The van der Waals surface area contributed by atoms with Crippen LogP contribution in [0.4, 0.5) is 0 Å². The first kappa shape index (κ1) is 27.5. The third-order valence-electron chi connectivity index (χ3n) is 7.20. The number of rotatable bonds is 7. The number of hydrogen-bond acceptors (Lipinski definition) is 8. The highest BCUT2D eigenvalue weighted by Gasteiger charge is 2.53. The van der Waals surface area contributed by atoms with E-state index in [1.807, 2.05) is 19.1 Å². The van der Waals surface area contributed by atoms with E-state index in [0.29, 0.717) is 18.4 Å². The second kappa shape index (κ2) is 10.3. The summed E-state index contributed by atoms with van der Waals surface area (Å²) in [6.07, 6.45) is 0.0621. The van der Waals surface area contributed by atoms with Crippen LogP contribution in [0.1, 0.15) is 51.3 Å². The Balaban J connectivity index is 1.45. The number of aromatic nitrogens is 1. The lowest BCUT2D eigenvalue weighted by molar-refractivity contribution is -0.144. The molecular weight excluding hydrogens is 506 g/mol. The molecule has 1 saturated carbocycles. The number of hydrogen-bond donors (Lipinski definition) is 4. The van der Waals surface area contributed by atoms with E-state index >= 15 is 0 Å². The lowest BCUT2D eigenvalue weighted by Crippen LogP contribution is -2.58. The summed E-state index contributed by atoms with van der Waals surface area (Å²) in [5.41, 5.74) is 2.14. The van der Waals surface area contributed by atoms with Crippen LogP contribution in [0, 0.1) is 29.1 Å². The van der Waals surface area contributed by atoms with Gasteiger partial charge in [0.2, 0.25) is 17.7 Å². The highest BCUT2D eigenvalue weighted by Crippen LogP contribution is 2.45. The fourth-order valence-electron chi connectivity index (χ4n) is 4.64. The fourth-order valence-corrected chi connectivity index (χ4v) is 5.44. The molecule has 1 aromatic heterocycles. The maximum absolute atomic E-state index is 13.6. The molecule has 3 atom stereocenters. The van der Waals surface area contributed by atoms with Crippen molar-refractivity contribution >= 4 is 29.1 Å². The molecule has 3 unspecified atom stereocenters. The maximum Gasteiger partial charge on any atom is 0.246 e. The predicted molar refractivity (Wildman–Crippen MR) is 141 cm³/mol. The van der Waals surface area contributed by atoms with Gasteiger partial charge in [-0.15, -0.1) is 11.3 Å². The SMILES string of the molecule is Cc1ncsc1-c1ccc(CNC(=O)C2CC(O)CN2C(=O)C(NC(=O)C2(C#N)CC2)C(C)(C)C)c(O)c1. The molecule has 4 N–H and O–H groups in total.